The fourth-order valence-electron chi connectivity index (χ4n) is 11.6. The van der Waals surface area contributed by atoms with Gasteiger partial charge < -0.3 is 43.1 Å². The standard InChI is InChI=1S/C35H42O12/c1-8-18(3)25(38)44-26-29(5)17-31(39)30(6,20(29)14-22(36)41-7)32-12-11-28(4)21(15-23(37)43-24(28)19-10-13-42-16-19)35(32)27(34(26,31)40)45-33(9-2,46-32)47-35/h8,10,13,15-16,20,24,26-27,39-40H,9,11-12,14,17H2,1-7H3/t20-,24-,26-,27+,28+,29+,30+,31+,32-,33-,34-,35+/m0/s1. The average molecular weight is 655 g/mol. The summed E-state index contributed by atoms with van der Waals surface area (Å²) in [5.74, 6) is -4.20. The molecular weight excluding hydrogens is 612 g/mol. The second-order valence-corrected chi connectivity index (χ2v) is 15.3. The first kappa shape index (κ1) is 31.3. The quantitative estimate of drug-likeness (QED) is 0.261. The summed E-state index contributed by atoms with van der Waals surface area (Å²) < 4.78 is 43.6. The van der Waals surface area contributed by atoms with Gasteiger partial charge in [0.1, 0.15) is 29.5 Å². The van der Waals surface area contributed by atoms with Crippen LogP contribution in [0.5, 0.6) is 0 Å². The topological polar surface area (TPSA) is 160 Å². The molecule has 12 nitrogen and oxygen atoms in total. The molecule has 2 saturated heterocycles. The van der Waals surface area contributed by atoms with Gasteiger partial charge in [-0.2, -0.15) is 0 Å². The number of cyclic esters (lactones) is 1. The van der Waals surface area contributed by atoms with Crippen LogP contribution in [0, 0.1) is 22.2 Å². The minimum absolute atomic E-state index is 0.0162. The second kappa shape index (κ2) is 8.95. The van der Waals surface area contributed by atoms with E-state index in [-0.39, 0.29) is 19.3 Å². The Labute approximate surface area is 272 Å². The number of carbonyl (C=O) groups is 3. The van der Waals surface area contributed by atoms with Crippen molar-refractivity contribution in [2.75, 3.05) is 7.11 Å². The van der Waals surface area contributed by atoms with Gasteiger partial charge in [-0.25, -0.2) is 9.59 Å². The van der Waals surface area contributed by atoms with Crippen molar-refractivity contribution in [1.29, 1.82) is 0 Å². The van der Waals surface area contributed by atoms with Crippen molar-refractivity contribution in [3.05, 3.63) is 47.5 Å². The van der Waals surface area contributed by atoms with Crippen LogP contribution < -0.4 is 0 Å². The fourth-order valence-corrected chi connectivity index (χ4v) is 11.6. The number of hydrogen-bond acceptors (Lipinski definition) is 12. The molecule has 4 aliphatic carbocycles. The Morgan fingerprint density at radius 1 is 1.15 bits per heavy atom. The van der Waals surface area contributed by atoms with Crippen molar-refractivity contribution >= 4 is 17.9 Å². The summed E-state index contributed by atoms with van der Waals surface area (Å²) in [5.41, 5.74) is -9.26. The Morgan fingerprint density at radius 3 is 2.53 bits per heavy atom. The van der Waals surface area contributed by atoms with Crippen LogP contribution in [-0.2, 0) is 42.8 Å². The van der Waals surface area contributed by atoms with Crippen LogP contribution >= 0.6 is 0 Å². The largest absolute Gasteiger partial charge is 0.472 e. The molecule has 0 aromatic carbocycles. The van der Waals surface area contributed by atoms with Gasteiger partial charge in [0.25, 0.3) is 5.97 Å². The molecule has 4 bridgehead atoms. The summed E-state index contributed by atoms with van der Waals surface area (Å²) in [7, 11) is 1.30. The summed E-state index contributed by atoms with van der Waals surface area (Å²) in [4.78, 5) is 40.3. The Morgan fingerprint density at radius 2 is 1.89 bits per heavy atom. The van der Waals surface area contributed by atoms with Crippen LogP contribution in [0.25, 0.3) is 0 Å². The van der Waals surface area contributed by atoms with Crippen LogP contribution in [0.2, 0.25) is 0 Å². The Balaban J connectivity index is 1.43. The maximum Gasteiger partial charge on any atom is 0.333 e. The highest BCUT2D eigenvalue weighted by Gasteiger charge is 3.02. The van der Waals surface area contributed by atoms with Crippen molar-refractivity contribution < 1.29 is 57.4 Å². The molecule has 4 heterocycles. The van der Waals surface area contributed by atoms with E-state index in [2.05, 4.69) is 0 Å². The normalized spacial score (nSPS) is 51.6. The van der Waals surface area contributed by atoms with Crippen LogP contribution in [-0.4, -0.2) is 75.8 Å². The molecule has 0 radical (unpaired) electrons. The fraction of sp³-hybridized carbons (Fsp3) is 0.686. The van der Waals surface area contributed by atoms with Gasteiger partial charge in [-0.05, 0) is 50.7 Å². The molecule has 3 aliphatic heterocycles. The minimum atomic E-state index is -2.26. The molecule has 8 rings (SSSR count). The van der Waals surface area contributed by atoms with E-state index in [1.165, 1.54) is 25.7 Å². The first-order valence-corrected chi connectivity index (χ1v) is 16.4. The molecule has 0 unspecified atom stereocenters. The highest BCUT2D eigenvalue weighted by molar-refractivity contribution is 5.88. The van der Waals surface area contributed by atoms with Crippen LogP contribution in [0.15, 0.2) is 46.3 Å². The smallest absolute Gasteiger partial charge is 0.333 e. The van der Waals surface area contributed by atoms with Crippen molar-refractivity contribution in [1.82, 2.24) is 0 Å². The lowest BCUT2D eigenvalue weighted by molar-refractivity contribution is -0.447. The number of hydrogen-bond donors (Lipinski definition) is 2. The zero-order chi connectivity index (χ0) is 33.8. The van der Waals surface area contributed by atoms with Crippen molar-refractivity contribution in [3.63, 3.8) is 0 Å². The van der Waals surface area contributed by atoms with E-state index in [1.807, 2.05) is 27.7 Å². The highest BCUT2D eigenvalue weighted by atomic mass is 16.9. The molecule has 47 heavy (non-hydrogen) atoms. The summed E-state index contributed by atoms with van der Waals surface area (Å²) in [5, 5.41) is 26.7. The van der Waals surface area contributed by atoms with E-state index in [0.29, 0.717) is 29.6 Å². The molecule has 7 aliphatic rings. The second-order valence-electron chi connectivity index (χ2n) is 15.3. The van der Waals surface area contributed by atoms with E-state index >= 15 is 0 Å². The van der Waals surface area contributed by atoms with Crippen molar-refractivity contribution in [3.8, 4) is 0 Å². The molecule has 2 N–H and O–H groups in total. The molecule has 6 fully saturated rings. The molecule has 254 valence electrons. The van der Waals surface area contributed by atoms with E-state index < -0.39 is 86.8 Å². The van der Waals surface area contributed by atoms with Gasteiger partial charge in [0, 0.05) is 46.3 Å². The molecule has 1 aromatic rings. The molecule has 1 spiro atoms. The third-order valence-electron chi connectivity index (χ3n) is 13.7. The van der Waals surface area contributed by atoms with E-state index in [4.69, 9.17) is 32.8 Å². The SMILES string of the molecule is CC=C(C)C(=O)O[C@H]1[C@]2(C)C[C@]3(O)[C@@]1(O)[C@H]1O[C@@]4(CC)O[C@@]5(CC[C@]6(C)C(=CC(=O)O[C@H]6c6ccoc6)[C@@]15O4)[C@]3(C)[C@H]2CC(=O)OC. The number of furan rings is 1. The number of aliphatic hydroxyl groups is 2. The zero-order valence-electron chi connectivity index (χ0n) is 27.7. The predicted molar refractivity (Wildman–Crippen MR) is 159 cm³/mol. The zero-order valence-corrected chi connectivity index (χ0v) is 27.7. The molecule has 12 atom stereocenters. The lowest BCUT2D eigenvalue weighted by Gasteiger charge is -2.75. The van der Waals surface area contributed by atoms with Gasteiger partial charge in [-0.1, -0.05) is 33.8 Å². The molecule has 4 saturated carbocycles. The number of fused-ring (bicyclic) bond motifs is 4. The third kappa shape index (κ3) is 3.00. The van der Waals surface area contributed by atoms with Crippen molar-refractivity contribution in [2.24, 2.45) is 22.2 Å². The summed E-state index contributed by atoms with van der Waals surface area (Å²) >= 11 is 0. The van der Waals surface area contributed by atoms with Gasteiger partial charge in [-0.3, -0.25) is 4.79 Å². The number of allylic oxidation sites excluding steroid dienone is 1. The number of esters is 3. The molecule has 12 heteroatoms. The van der Waals surface area contributed by atoms with Crippen LogP contribution in [0.4, 0.5) is 0 Å². The maximum atomic E-state index is 13.5. The predicted octanol–water partition coefficient (Wildman–Crippen LogP) is 3.55. The van der Waals surface area contributed by atoms with Crippen LogP contribution in [0.1, 0.15) is 85.3 Å². The van der Waals surface area contributed by atoms with E-state index in [9.17, 15) is 24.6 Å². The van der Waals surface area contributed by atoms with Gasteiger partial charge in [-0.15, -0.1) is 0 Å². The average Bonchev–Trinajstić information content (AvgIpc) is 3.83. The number of carbonyl (C=O) groups excluding carboxylic acids is 3. The first-order chi connectivity index (χ1) is 22.0. The Bertz CT molecular complexity index is 1670. The summed E-state index contributed by atoms with van der Waals surface area (Å²) in [6.45, 7) is 10.8. The van der Waals surface area contributed by atoms with Gasteiger partial charge in [0.05, 0.1) is 19.6 Å². The Hall–Kier alpha value is -3.03. The summed E-state index contributed by atoms with van der Waals surface area (Å²) in [6.07, 6.45) is 3.39. The lowest BCUT2D eigenvalue weighted by Crippen LogP contribution is -2.92. The molecular formula is C35H42O12. The molecule has 0 amide bonds. The lowest BCUT2D eigenvalue weighted by atomic mass is 9.35. The van der Waals surface area contributed by atoms with Gasteiger partial charge in [0.2, 0.25) is 0 Å². The Kier molecular flexibility index (Phi) is 5.95. The number of methoxy groups -OCH3 is 1. The summed E-state index contributed by atoms with van der Waals surface area (Å²) in [6, 6.07) is 1.75. The van der Waals surface area contributed by atoms with E-state index in [1.54, 1.807) is 26.0 Å². The highest BCUT2D eigenvalue weighted by Crippen LogP contribution is 2.88. The van der Waals surface area contributed by atoms with Gasteiger partial charge in [0.15, 0.2) is 11.2 Å². The first-order valence-electron chi connectivity index (χ1n) is 16.4. The molecule has 1 aromatic heterocycles. The minimum Gasteiger partial charge on any atom is -0.472 e. The number of rotatable bonds is 6. The van der Waals surface area contributed by atoms with Crippen molar-refractivity contribution in [2.45, 2.75) is 120 Å². The van der Waals surface area contributed by atoms with Crippen LogP contribution in [0.3, 0.4) is 0 Å². The van der Waals surface area contributed by atoms with Gasteiger partial charge >= 0.3 is 17.9 Å². The van der Waals surface area contributed by atoms with E-state index in [0.717, 1.165) is 0 Å². The third-order valence-corrected chi connectivity index (χ3v) is 13.7. The monoisotopic (exact) mass is 654 g/mol. The number of ether oxygens (including phenoxy) is 6. The maximum absolute atomic E-state index is 13.5.